The Morgan fingerprint density at radius 1 is 1.36 bits per heavy atom. The molecule has 3 rings (SSSR count). The Hall–Kier alpha value is -0.150. The Bertz CT molecular complexity index is 546. The van der Waals surface area contributed by atoms with Crippen LogP contribution in [0.15, 0.2) is 17.6 Å². The molecule has 1 saturated carbocycles. The van der Waals surface area contributed by atoms with Gasteiger partial charge in [-0.3, -0.25) is 2.52 Å². The monoisotopic (exact) mass is 448 g/mol. The van der Waals surface area contributed by atoms with Gasteiger partial charge in [0.1, 0.15) is 17.2 Å². The number of hydrogen-bond acceptors (Lipinski definition) is 6. The van der Waals surface area contributed by atoms with Crippen molar-refractivity contribution in [2.45, 2.75) is 36.8 Å². The van der Waals surface area contributed by atoms with Gasteiger partial charge in [-0.1, -0.05) is 0 Å². The molecule has 2 heterocycles. The first-order valence-corrected chi connectivity index (χ1v) is 10.7. The normalized spacial score (nSPS) is 24.2. The number of halogens is 1. The molecule has 0 saturated heterocycles. The fraction of sp³-hybridized carbons (Fsp3) is 0.600. The van der Waals surface area contributed by atoms with Crippen LogP contribution in [0.25, 0.3) is 6.08 Å². The van der Waals surface area contributed by atoms with Crippen molar-refractivity contribution < 1.29 is 0 Å². The highest BCUT2D eigenvalue weighted by Gasteiger charge is 2.27. The minimum absolute atomic E-state index is 0.605. The van der Waals surface area contributed by atoms with Crippen molar-refractivity contribution in [2.24, 2.45) is 5.92 Å². The zero-order chi connectivity index (χ0) is 15.5. The number of aromatic nitrogens is 2. The second kappa shape index (κ2) is 7.61. The SMILES string of the molecule is CSCC1CCC(N(C)c2ncnc3c2C=CN(I)S3)CC1. The van der Waals surface area contributed by atoms with Crippen LogP contribution in [0.1, 0.15) is 31.2 Å². The predicted molar refractivity (Wildman–Crippen MR) is 105 cm³/mol. The zero-order valence-corrected chi connectivity index (χ0v) is 16.7. The molecule has 1 aliphatic heterocycles. The molecule has 1 aromatic heterocycles. The van der Waals surface area contributed by atoms with Crippen molar-refractivity contribution in [2.75, 3.05) is 24.0 Å². The van der Waals surface area contributed by atoms with Gasteiger partial charge in [0.2, 0.25) is 0 Å². The van der Waals surface area contributed by atoms with Gasteiger partial charge >= 0.3 is 0 Å². The van der Waals surface area contributed by atoms with Crippen molar-refractivity contribution in [3.05, 3.63) is 18.1 Å². The first-order valence-electron chi connectivity index (χ1n) is 7.57. The van der Waals surface area contributed by atoms with E-state index in [1.165, 1.54) is 31.4 Å². The molecule has 0 N–H and O–H groups in total. The van der Waals surface area contributed by atoms with Gasteiger partial charge in [-0.25, -0.2) is 9.97 Å². The van der Waals surface area contributed by atoms with Crippen LogP contribution in [-0.4, -0.2) is 37.6 Å². The molecule has 22 heavy (non-hydrogen) atoms. The fourth-order valence-corrected chi connectivity index (χ4v) is 5.39. The van der Waals surface area contributed by atoms with Gasteiger partial charge in [0.15, 0.2) is 0 Å². The van der Waals surface area contributed by atoms with Crippen molar-refractivity contribution in [3.63, 3.8) is 0 Å². The molecular formula is C15H21IN4S2. The van der Waals surface area contributed by atoms with E-state index in [0.717, 1.165) is 22.3 Å². The van der Waals surface area contributed by atoms with Gasteiger partial charge in [0, 0.05) is 31.2 Å². The van der Waals surface area contributed by atoms with Crippen LogP contribution in [0.2, 0.25) is 0 Å². The maximum absolute atomic E-state index is 4.57. The lowest BCUT2D eigenvalue weighted by atomic mass is 9.86. The van der Waals surface area contributed by atoms with Crippen molar-refractivity contribution in [1.82, 2.24) is 12.5 Å². The molecule has 0 atom stereocenters. The lowest BCUT2D eigenvalue weighted by Gasteiger charge is -2.36. The summed E-state index contributed by atoms with van der Waals surface area (Å²) in [5.74, 6) is 3.29. The van der Waals surface area contributed by atoms with E-state index in [1.807, 2.05) is 14.3 Å². The molecule has 0 unspecified atom stereocenters. The maximum Gasteiger partial charge on any atom is 0.140 e. The minimum atomic E-state index is 0.605. The summed E-state index contributed by atoms with van der Waals surface area (Å²) in [5, 5.41) is 1.05. The molecule has 2 aliphatic rings. The summed E-state index contributed by atoms with van der Waals surface area (Å²) in [5.41, 5.74) is 1.16. The smallest absolute Gasteiger partial charge is 0.140 e. The van der Waals surface area contributed by atoms with E-state index < -0.39 is 0 Å². The zero-order valence-electron chi connectivity index (χ0n) is 12.9. The molecule has 4 nitrogen and oxygen atoms in total. The van der Waals surface area contributed by atoms with E-state index in [-0.39, 0.29) is 0 Å². The third-order valence-electron chi connectivity index (χ3n) is 4.46. The van der Waals surface area contributed by atoms with E-state index in [1.54, 1.807) is 18.3 Å². The Kier molecular flexibility index (Phi) is 5.78. The third-order valence-corrected chi connectivity index (χ3v) is 6.97. The molecular weight excluding hydrogens is 427 g/mol. The number of nitrogens with zero attached hydrogens (tertiary/aromatic N) is 4. The van der Waals surface area contributed by atoms with Crippen LogP contribution < -0.4 is 4.90 Å². The second-order valence-corrected chi connectivity index (χ2v) is 9.40. The molecule has 1 fully saturated rings. The summed E-state index contributed by atoms with van der Waals surface area (Å²) < 4.78 is 2.05. The fourth-order valence-electron chi connectivity index (χ4n) is 3.22. The van der Waals surface area contributed by atoms with Crippen LogP contribution in [0.5, 0.6) is 0 Å². The Morgan fingerprint density at radius 3 is 2.86 bits per heavy atom. The van der Waals surface area contributed by atoms with E-state index >= 15 is 0 Å². The van der Waals surface area contributed by atoms with Crippen LogP contribution >= 0.6 is 46.6 Å². The first kappa shape index (κ1) is 16.7. The summed E-state index contributed by atoms with van der Waals surface area (Å²) in [7, 11) is 2.19. The van der Waals surface area contributed by atoms with Crippen LogP contribution in [-0.2, 0) is 0 Å². The van der Waals surface area contributed by atoms with Gasteiger partial charge < -0.3 is 4.90 Å². The summed E-state index contributed by atoms with van der Waals surface area (Å²) in [6.45, 7) is 0. The number of thioether (sulfide) groups is 1. The van der Waals surface area contributed by atoms with Crippen molar-refractivity contribution in [1.29, 1.82) is 0 Å². The van der Waals surface area contributed by atoms with Gasteiger partial charge in [-0.2, -0.15) is 11.8 Å². The third kappa shape index (κ3) is 3.67. The van der Waals surface area contributed by atoms with Crippen LogP contribution in [0, 0.1) is 5.92 Å². The molecule has 1 aliphatic carbocycles. The molecule has 0 aromatic carbocycles. The van der Waals surface area contributed by atoms with E-state index in [9.17, 15) is 0 Å². The number of fused-ring (bicyclic) bond motifs is 1. The Balaban J connectivity index is 1.73. The van der Waals surface area contributed by atoms with Crippen LogP contribution in [0.4, 0.5) is 5.82 Å². The van der Waals surface area contributed by atoms with Crippen molar-refractivity contribution >= 4 is 58.5 Å². The average molecular weight is 448 g/mol. The standard InChI is InChI=1S/C15H21IN4S2/c1-19(12-5-3-11(4-6-12)9-21-2)14-13-7-8-20(16)22-15(13)18-10-17-14/h7-8,10-12H,3-6,9H2,1-2H3. The molecule has 0 bridgehead atoms. The number of hydrogen-bond donors (Lipinski definition) is 0. The van der Waals surface area contributed by atoms with Gasteiger partial charge in [-0.05, 0) is 49.7 Å². The van der Waals surface area contributed by atoms with E-state index in [2.05, 4.69) is 63.3 Å². The lowest BCUT2D eigenvalue weighted by Crippen LogP contribution is -2.36. The van der Waals surface area contributed by atoms with E-state index in [0.29, 0.717) is 6.04 Å². The lowest BCUT2D eigenvalue weighted by molar-refractivity contribution is 0.344. The molecule has 1 aromatic rings. The van der Waals surface area contributed by atoms with Gasteiger partial charge in [0.05, 0.1) is 28.4 Å². The number of rotatable bonds is 4. The maximum atomic E-state index is 4.57. The minimum Gasteiger partial charge on any atom is -0.356 e. The Morgan fingerprint density at radius 2 is 2.14 bits per heavy atom. The molecule has 0 radical (unpaired) electrons. The summed E-state index contributed by atoms with van der Waals surface area (Å²) in [6, 6.07) is 0.605. The van der Waals surface area contributed by atoms with Gasteiger partial charge in [-0.15, -0.1) is 0 Å². The quantitative estimate of drug-likeness (QED) is 0.292. The highest BCUT2D eigenvalue weighted by atomic mass is 127. The summed E-state index contributed by atoms with van der Waals surface area (Å²) in [6.07, 6.45) is 13.3. The predicted octanol–water partition coefficient (Wildman–Crippen LogP) is 4.48. The first-order chi connectivity index (χ1) is 10.7. The van der Waals surface area contributed by atoms with Gasteiger partial charge in [0.25, 0.3) is 0 Å². The highest BCUT2D eigenvalue weighted by Crippen LogP contribution is 2.38. The van der Waals surface area contributed by atoms with E-state index in [4.69, 9.17) is 0 Å². The van der Waals surface area contributed by atoms with Crippen LogP contribution in [0.3, 0.4) is 0 Å². The average Bonchev–Trinajstić information content (AvgIpc) is 2.54. The Labute approximate surface area is 155 Å². The molecule has 7 heteroatoms. The molecule has 120 valence electrons. The topological polar surface area (TPSA) is 32.3 Å². The largest absolute Gasteiger partial charge is 0.356 e. The summed E-state index contributed by atoms with van der Waals surface area (Å²) >= 11 is 5.90. The molecule has 0 amide bonds. The highest BCUT2D eigenvalue weighted by molar-refractivity contribution is 14.1. The second-order valence-electron chi connectivity index (χ2n) is 5.84. The summed E-state index contributed by atoms with van der Waals surface area (Å²) in [4.78, 5) is 11.4. The molecule has 0 spiro atoms. The number of anilines is 1. The van der Waals surface area contributed by atoms with Crippen molar-refractivity contribution in [3.8, 4) is 0 Å².